The predicted molar refractivity (Wildman–Crippen MR) is 84.7 cm³/mol. The molecule has 0 spiro atoms. The Morgan fingerprint density at radius 1 is 1.05 bits per heavy atom. The van der Waals surface area contributed by atoms with Crippen molar-refractivity contribution >= 4 is 0 Å². The average Bonchev–Trinajstić information content (AvgIpc) is 2.98. The van der Waals surface area contributed by atoms with Crippen LogP contribution in [0.15, 0.2) is 24.3 Å². The second-order valence-corrected chi connectivity index (χ2v) is 6.71. The Labute approximate surface area is 127 Å². The summed E-state index contributed by atoms with van der Waals surface area (Å²) in [5.74, 6) is -0.138. The first-order valence-electron chi connectivity index (χ1n) is 8.49. The van der Waals surface area contributed by atoms with E-state index in [2.05, 4.69) is 10.2 Å². The molecule has 0 bridgehead atoms. The molecule has 0 atom stereocenters. The van der Waals surface area contributed by atoms with E-state index in [1.807, 2.05) is 6.07 Å². The molecule has 0 amide bonds. The van der Waals surface area contributed by atoms with Gasteiger partial charge in [0.05, 0.1) is 0 Å². The second kappa shape index (κ2) is 6.89. The van der Waals surface area contributed by atoms with Gasteiger partial charge < -0.3 is 5.32 Å². The summed E-state index contributed by atoms with van der Waals surface area (Å²) in [6, 6.07) is 6.94. The van der Waals surface area contributed by atoms with Gasteiger partial charge >= 0.3 is 0 Å². The zero-order valence-electron chi connectivity index (χ0n) is 12.9. The number of nitrogens with zero attached hydrogens (tertiary/aromatic N) is 1. The quantitative estimate of drug-likeness (QED) is 0.889. The molecule has 3 rings (SSSR count). The lowest BCUT2D eigenvalue weighted by Crippen LogP contribution is -2.54. The van der Waals surface area contributed by atoms with Crippen LogP contribution in [0.1, 0.15) is 50.5 Å². The van der Waals surface area contributed by atoms with Gasteiger partial charge in [0.2, 0.25) is 0 Å². The Hall–Kier alpha value is -0.930. The SMILES string of the molecule is Fc1cccc(CNCC2(N3CCCCC3)CCCC2)c1. The van der Waals surface area contributed by atoms with Crippen molar-refractivity contribution in [1.29, 1.82) is 0 Å². The van der Waals surface area contributed by atoms with Crippen LogP contribution < -0.4 is 5.32 Å². The fourth-order valence-electron chi connectivity index (χ4n) is 4.09. The van der Waals surface area contributed by atoms with E-state index < -0.39 is 0 Å². The van der Waals surface area contributed by atoms with Crippen LogP contribution in [-0.2, 0) is 6.54 Å². The van der Waals surface area contributed by atoms with Gasteiger partial charge in [-0.25, -0.2) is 4.39 Å². The number of rotatable bonds is 5. The van der Waals surface area contributed by atoms with Gasteiger partial charge in [-0.1, -0.05) is 31.4 Å². The Bertz CT molecular complexity index is 448. The van der Waals surface area contributed by atoms with E-state index in [-0.39, 0.29) is 5.82 Å². The predicted octanol–water partition coefficient (Wildman–Crippen LogP) is 3.71. The first-order valence-corrected chi connectivity index (χ1v) is 8.49. The largest absolute Gasteiger partial charge is 0.311 e. The molecular weight excluding hydrogens is 263 g/mol. The highest BCUT2D eigenvalue weighted by Crippen LogP contribution is 2.36. The summed E-state index contributed by atoms with van der Waals surface area (Å²) in [5, 5.41) is 3.60. The molecule has 1 saturated carbocycles. The van der Waals surface area contributed by atoms with Gasteiger partial charge in [-0.3, -0.25) is 4.90 Å². The summed E-state index contributed by atoms with van der Waals surface area (Å²) in [7, 11) is 0. The zero-order valence-corrected chi connectivity index (χ0v) is 12.9. The highest BCUT2D eigenvalue weighted by molar-refractivity contribution is 5.16. The number of benzene rings is 1. The lowest BCUT2D eigenvalue weighted by Gasteiger charge is -2.44. The molecule has 1 N–H and O–H groups in total. The number of likely N-dealkylation sites (tertiary alicyclic amines) is 1. The fraction of sp³-hybridized carbons (Fsp3) is 0.667. The van der Waals surface area contributed by atoms with Crippen LogP contribution in [0.2, 0.25) is 0 Å². The van der Waals surface area contributed by atoms with E-state index in [4.69, 9.17) is 0 Å². The summed E-state index contributed by atoms with van der Waals surface area (Å²) >= 11 is 0. The van der Waals surface area contributed by atoms with Gasteiger partial charge in [0.15, 0.2) is 0 Å². The van der Waals surface area contributed by atoms with E-state index >= 15 is 0 Å². The molecule has 2 aliphatic rings. The van der Waals surface area contributed by atoms with E-state index in [1.165, 1.54) is 64.1 Å². The normalized spacial score (nSPS) is 22.5. The molecular formula is C18H27FN2. The molecule has 116 valence electrons. The van der Waals surface area contributed by atoms with E-state index in [1.54, 1.807) is 12.1 Å². The maximum Gasteiger partial charge on any atom is 0.123 e. The third kappa shape index (κ3) is 3.64. The molecule has 1 aliphatic carbocycles. The van der Waals surface area contributed by atoms with E-state index in [9.17, 15) is 4.39 Å². The van der Waals surface area contributed by atoms with Crippen molar-refractivity contribution in [3.8, 4) is 0 Å². The van der Waals surface area contributed by atoms with Crippen molar-refractivity contribution in [3.05, 3.63) is 35.6 Å². The summed E-state index contributed by atoms with van der Waals surface area (Å²) in [6.45, 7) is 4.35. The van der Waals surface area contributed by atoms with Gasteiger partial charge in [0.1, 0.15) is 5.82 Å². The molecule has 1 aromatic rings. The summed E-state index contributed by atoms with van der Waals surface area (Å²) in [5.41, 5.74) is 1.41. The van der Waals surface area contributed by atoms with Crippen molar-refractivity contribution in [2.75, 3.05) is 19.6 Å². The Morgan fingerprint density at radius 3 is 2.52 bits per heavy atom. The van der Waals surface area contributed by atoms with Gasteiger partial charge in [-0.2, -0.15) is 0 Å². The zero-order chi connectivity index (χ0) is 14.5. The highest BCUT2D eigenvalue weighted by atomic mass is 19.1. The smallest absolute Gasteiger partial charge is 0.123 e. The van der Waals surface area contributed by atoms with Gasteiger partial charge in [0.25, 0.3) is 0 Å². The minimum atomic E-state index is -0.138. The van der Waals surface area contributed by atoms with Crippen LogP contribution in [0.5, 0.6) is 0 Å². The van der Waals surface area contributed by atoms with Crippen LogP contribution in [0, 0.1) is 5.82 Å². The van der Waals surface area contributed by atoms with Crippen LogP contribution >= 0.6 is 0 Å². The molecule has 2 nitrogen and oxygen atoms in total. The van der Waals surface area contributed by atoms with E-state index in [0.29, 0.717) is 5.54 Å². The maximum atomic E-state index is 13.2. The molecule has 1 saturated heterocycles. The molecule has 0 unspecified atom stereocenters. The lowest BCUT2D eigenvalue weighted by molar-refractivity contribution is 0.0696. The van der Waals surface area contributed by atoms with Crippen LogP contribution in [0.3, 0.4) is 0 Å². The lowest BCUT2D eigenvalue weighted by atomic mass is 9.92. The third-order valence-corrected chi connectivity index (χ3v) is 5.23. The molecule has 3 heteroatoms. The molecule has 0 radical (unpaired) electrons. The van der Waals surface area contributed by atoms with Crippen molar-refractivity contribution in [1.82, 2.24) is 10.2 Å². The molecule has 2 fully saturated rings. The number of hydrogen-bond acceptors (Lipinski definition) is 2. The number of hydrogen-bond donors (Lipinski definition) is 1. The Balaban J connectivity index is 1.57. The topological polar surface area (TPSA) is 15.3 Å². The third-order valence-electron chi connectivity index (χ3n) is 5.23. The summed E-state index contributed by atoms with van der Waals surface area (Å²) in [6.07, 6.45) is 9.46. The maximum absolute atomic E-state index is 13.2. The molecule has 1 aliphatic heterocycles. The van der Waals surface area contributed by atoms with Crippen molar-refractivity contribution in [2.45, 2.75) is 57.0 Å². The molecule has 1 heterocycles. The summed E-state index contributed by atoms with van der Waals surface area (Å²) < 4.78 is 13.2. The first kappa shape index (κ1) is 15.0. The van der Waals surface area contributed by atoms with Crippen molar-refractivity contribution in [2.24, 2.45) is 0 Å². The van der Waals surface area contributed by atoms with Gasteiger partial charge in [-0.15, -0.1) is 0 Å². The summed E-state index contributed by atoms with van der Waals surface area (Å²) in [4.78, 5) is 2.74. The second-order valence-electron chi connectivity index (χ2n) is 6.71. The highest BCUT2D eigenvalue weighted by Gasteiger charge is 2.39. The Morgan fingerprint density at radius 2 is 1.81 bits per heavy atom. The minimum Gasteiger partial charge on any atom is -0.311 e. The van der Waals surface area contributed by atoms with E-state index in [0.717, 1.165) is 18.7 Å². The van der Waals surface area contributed by atoms with Crippen LogP contribution in [0.25, 0.3) is 0 Å². The van der Waals surface area contributed by atoms with Crippen LogP contribution in [0.4, 0.5) is 4.39 Å². The Kier molecular flexibility index (Phi) is 4.91. The molecule has 21 heavy (non-hydrogen) atoms. The number of halogens is 1. The average molecular weight is 290 g/mol. The van der Waals surface area contributed by atoms with Gasteiger partial charge in [0, 0.05) is 18.6 Å². The number of nitrogens with one attached hydrogen (secondary N) is 1. The van der Waals surface area contributed by atoms with Crippen molar-refractivity contribution < 1.29 is 4.39 Å². The standard InChI is InChI=1S/C18H27FN2/c19-17-8-6-7-16(13-17)14-20-15-18(9-2-3-10-18)21-11-4-1-5-12-21/h6-8,13,20H,1-5,9-12,14-15H2. The number of piperidine rings is 1. The molecule has 1 aromatic carbocycles. The van der Waals surface area contributed by atoms with Crippen molar-refractivity contribution in [3.63, 3.8) is 0 Å². The van der Waals surface area contributed by atoms with Crippen LogP contribution in [-0.4, -0.2) is 30.1 Å². The molecule has 0 aromatic heterocycles. The monoisotopic (exact) mass is 290 g/mol. The fourth-order valence-corrected chi connectivity index (χ4v) is 4.09. The minimum absolute atomic E-state index is 0.138. The van der Waals surface area contributed by atoms with Gasteiger partial charge in [-0.05, 0) is 56.5 Å². The first-order chi connectivity index (χ1) is 10.3.